The summed E-state index contributed by atoms with van der Waals surface area (Å²) in [6.45, 7) is 4.31. The molecular weight excluding hydrogens is 264 g/mol. The molecule has 1 aliphatic heterocycles. The van der Waals surface area contributed by atoms with E-state index in [1.807, 2.05) is 19.1 Å². The minimum atomic E-state index is -3.07. The molecule has 0 bridgehead atoms. The number of nitrogens with two attached hydrogens (primary N) is 1. The highest BCUT2D eigenvalue weighted by molar-refractivity contribution is 7.88. The number of sulfonamides is 1. The first-order valence-corrected chi connectivity index (χ1v) is 8.14. The van der Waals surface area contributed by atoms with Crippen LogP contribution < -0.4 is 10.6 Å². The molecule has 1 aromatic rings. The van der Waals surface area contributed by atoms with Gasteiger partial charge in [0.05, 0.1) is 23.8 Å². The molecule has 2 heterocycles. The molecule has 19 heavy (non-hydrogen) atoms. The average molecular weight is 284 g/mol. The van der Waals surface area contributed by atoms with Gasteiger partial charge < -0.3 is 10.6 Å². The average Bonchev–Trinajstić information content (AvgIpc) is 2.38. The zero-order chi connectivity index (χ0) is 14.0. The lowest BCUT2D eigenvalue weighted by molar-refractivity contribution is 0.388. The Kier molecular flexibility index (Phi) is 4.07. The van der Waals surface area contributed by atoms with E-state index in [1.54, 1.807) is 6.20 Å². The van der Waals surface area contributed by atoms with Gasteiger partial charge in [0.25, 0.3) is 0 Å². The van der Waals surface area contributed by atoms with Crippen molar-refractivity contribution < 1.29 is 8.42 Å². The highest BCUT2D eigenvalue weighted by atomic mass is 32.2. The van der Waals surface area contributed by atoms with Gasteiger partial charge in [0.15, 0.2) is 0 Å². The van der Waals surface area contributed by atoms with Crippen molar-refractivity contribution in [2.24, 2.45) is 5.73 Å². The number of nitrogens with zero attached hydrogens (tertiary/aromatic N) is 3. The molecule has 7 heteroatoms. The maximum absolute atomic E-state index is 11.4. The summed E-state index contributed by atoms with van der Waals surface area (Å²) in [7, 11) is -3.07. The summed E-state index contributed by atoms with van der Waals surface area (Å²) < 4.78 is 24.4. The van der Waals surface area contributed by atoms with Crippen molar-refractivity contribution in [2.45, 2.75) is 13.0 Å². The third kappa shape index (κ3) is 3.43. The van der Waals surface area contributed by atoms with Gasteiger partial charge in [0, 0.05) is 32.2 Å². The third-order valence-corrected chi connectivity index (χ3v) is 4.61. The Bertz CT molecular complexity index is 519. The fraction of sp³-hybridized carbons (Fsp3) is 0.583. The molecule has 1 fully saturated rings. The molecule has 106 valence electrons. The monoisotopic (exact) mass is 284 g/mol. The lowest BCUT2D eigenvalue weighted by Gasteiger charge is -2.34. The standard InChI is InChI=1S/C12H20N4O2S/c1-10(13)12-4-3-11(9-14-12)15-5-7-16(8-6-15)19(2,17)18/h3-4,9-10H,5-8,13H2,1-2H3/t10-/m0/s1. The lowest BCUT2D eigenvalue weighted by atomic mass is 10.2. The van der Waals surface area contributed by atoms with E-state index in [2.05, 4.69) is 9.88 Å². The second kappa shape index (κ2) is 5.44. The van der Waals surface area contributed by atoms with Gasteiger partial charge >= 0.3 is 0 Å². The summed E-state index contributed by atoms with van der Waals surface area (Å²) in [5.41, 5.74) is 7.63. The van der Waals surface area contributed by atoms with Crippen LogP contribution in [0.5, 0.6) is 0 Å². The molecule has 2 rings (SSSR count). The quantitative estimate of drug-likeness (QED) is 0.856. The van der Waals surface area contributed by atoms with E-state index in [-0.39, 0.29) is 6.04 Å². The van der Waals surface area contributed by atoms with Crippen molar-refractivity contribution in [3.8, 4) is 0 Å². The van der Waals surface area contributed by atoms with Gasteiger partial charge in [-0.2, -0.15) is 4.31 Å². The van der Waals surface area contributed by atoms with Crippen LogP contribution in [0, 0.1) is 0 Å². The van der Waals surface area contributed by atoms with Crippen molar-refractivity contribution in [1.29, 1.82) is 0 Å². The summed E-state index contributed by atoms with van der Waals surface area (Å²) in [5, 5.41) is 0. The van der Waals surface area contributed by atoms with Crippen molar-refractivity contribution in [3.63, 3.8) is 0 Å². The van der Waals surface area contributed by atoms with Crippen molar-refractivity contribution in [2.75, 3.05) is 37.3 Å². The van der Waals surface area contributed by atoms with Gasteiger partial charge in [0.1, 0.15) is 0 Å². The number of anilines is 1. The van der Waals surface area contributed by atoms with E-state index in [1.165, 1.54) is 10.6 Å². The number of hydrogen-bond acceptors (Lipinski definition) is 5. The Labute approximate surface area is 114 Å². The molecular formula is C12H20N4O2S. The van der Waals surface area contributed by atoms with Crippen molar-refractivity contribution in [3.05, 3.63) is 24.0 Å². The fourth-order valence-electron chi connectivity index (χ4n) is 2.13. The van der Waals surface area contributed by atoms with E-state index in [0.717, 1.165) is 11.4 Å². The van der Waals surface area contributed by atoms with Gasteiger partial charge in [-0.15, -0.1) is 0 Å². The molecule has 0 amide bonds. The van der Waals surface area contributed by atoms with Crippen LogP contribution in [-0.4, -0.2) is 50.1 Å². The Morgan fingerprint density at radius 1 is 1.26 bits per heavy atom. The summed E-state index contributed by atoms with van der Waals surface area (Å²) >= 11 is 0. The van der Waals surface area contributed by atoms with Crippen LogP contribution in [0.2, 0.25) is 0 Å². The van der Waals surface area contributed by atoms with Gasteiger partial charge in [-0.25, -0.2) is 8.42 Å². The Balaban J connectivity index is 2.02. The van der Waals surface area contributed by atoms with Gasteiger partial charge in [-0.1, -0.05) is 0 Å². The van der Waals surface area contributed by atoms with Gasteiger partial charge in [0.2, 0.25) is 10.0 Å². The van der Waals surface area contributed by atoms with Crippen LogP contribution in [-0.2, 0) is 10.0 Å². The smallest absolute Gasteiger partial charge is 0.211 e. The minimum absolute atomic E-state index is 0.0730. The molecule has 0 saturated carbocycles. The highest BCUT2D eigenvalue weighted by Crippen LogP contribution is 2.18. The molecule has 0 radical (unpaired) electrons. The molecule has 1 atom stereocenters. The van der Waals surface area contributed by atoms with Crippen molar-refractivity contribution in [1.82, 2.24) is 9.29 Å². The number of piperazine rings is 1. The third-order valence-electron chi connectivity index (χ3n) is 3.31. The van der Waals surface area contributed by atoms with Crippen LogP contribution in [0.4, 0.5) is 5.69 Å². The van der Waals surface area contributed by atoms with Crippen LogP contribution >= 0.6 is 0 Å². The summed E-state index contributed by atoms with van der Waals surface area (Å²) in [5.74, 6) is 0. The molecule has 1 aromatic heterocycles. The lowest BCUT2D eigenvalue weighted by Crippen LogP contribution is -2.48. The molecule has 0 aliphatic carbocycles. The highest BCUT2D eigenvalue weighted by Gasteiger charge is 2.23. The Morgan fingerprint density at radius 2 is 1.89 bits per heavy atom. The molecule has 2 N–H and O–H groups in total. The maximum Gasteiger partial charge on any atom is 0.211 e. The van der Waals surface area contributed by atoms with E-state index >= 15 is 0 Å². The molecule has 1 aliphatic rings. The maximum atomic E-state index is 11.4. The van der Waals surface area contributed by atoms with Gasteiger partial charge in [-0.3, -0.25) is 4.98 Å². The predicted octanol–water partition coefficient (Wildman–Crippen LogP) is 0.183. The fourth-order valence-corrected chi connectivity index (χ4v) is 2.96. The van der Waals surface area contributed by atoms with Crippen LogP contribution in [0.1, 0.15) is 18.7 Å². The normalized spacial score (nSPS) is 19.4. The van der Waals surface area contributed by atoms with Crippen LogP contribution in [0.25, 0.3) is 0 Å². The van der Waals surface area contributed by atoms with Crippen LogP contribution in [0.3, 0.4) is 0 Å². The Hall–Kier alpha value is -1.18. The first-order valence-electron chi connectivity index (χ1n) is 6.29. The minimum Gasteiger partial charge on any atom is -0.368 e. The Morgan fingerprint density at radius 3 is 2.32 bits per heavy atom. The SMILES string of the molecule is C[C@H](N)c1ccc(N2CCN(S(C)(=O)=O)CC2)cn1. The van der Waals surface area contributed by atoms with E-state index in [4.69, 9.17) is 5.73 Å². The van der Waals surface area contributed by atoms with E-state index < -0.39 is 10.0 Å². The molecule has 0 unspecified atom stereocenters. The number of rotatable bonds is 3. The second-order valence-corrected chi connectivity index (χ2v) is 6.86. The predicted molar refractivity (Wildman–Crippen MR) is 75.5 cm³/mol. The first kappa shape index (κ1) is 14.2. The second-order valence-electron chi connectivity index (χ2n) is 4.88. The zero-order valence-electron chi connectivity index (χ0n) is 11.3. The number of aromatic nitrogens is 1. The first-order chi connectivity index (χ1) is 8.88. The number of pyridine rings is 1. The van der Waals surface area contributed by atoms with E-state index in [9.17, 15) is 8.42 Å². The largest absolute Gasteiger partial charge is 0.368 e. The van der Waals surface area contributed by atoms with Gasteiger partial charge in [-0.05, 0) is 19.1 Å². The number of hydrogen-bond donors (Lipinski definition) is 1. The van der Waals surface area contributed by atoms with Crippen molar-refractivity contribution >= 4 is 15.7 Å². The summed E-state index contributed by atoms with van der Waals surface area (Å²) in [6, 6.07) is 3.83. The zero-order valence-corrected chi connectivity index (χ0v) is 12.1. The molecule has 1 saturated heterocycles. The van der Waals surface area contributed by atoms with E-state index in [0.29, 0.717) is 26.2 Å². The summed E-state index contributed by atoms with van der Waals surface area (Å²) in [4.78, 5) is 6.46. The molecule has 0 spiro atoms. The molecule has 6 nitrogen and oxygen atoms in total. The topological polar surface area (TPSA) is 79.5 Å². The molecule has 0 aromatic carbocycles. The van der Waals surface area contributed by atoms with Crippen LogP contribution in [0.15, 0.2) is 18.3 Å². The summed E-state index contributed by atoms with van der Waals surface area (Å²) in [6.07, 6.45) is 3.05.